The lowest BCUT2D eigenvalue weighted by Gasteiger charge is -2.04. The molecule has 5 nitrogen and oxygen atoms in total. The van der Waals surface area contributed by atoms with Crippen LogP contribution in [0.5, 0.6) is 5.75 Å². The van der Waals surface area contributed by atoms with E-state index in [4.69, 9.17) is 23.1 Å². The highest BCUT2D eigenvalue weighted by atomic mass is 35.5. The summed E-state index contributed by atoms with van der Waals surface area (Å²) in [5.41, 5.74) is 13.2. The van der Waals surface area contributed by atoms with Crippen LogP contribution in [-0.4, -0.2) is 17.6 Å². The normalized spacial score (nSPS) is 11.1. The van der Waals surface area contributed by atoms with E-state index in [1.54, 1.807) is 12.1 Å². The summed E-state index contributed by atoms with van der Waals surface area (Å²) in [5, 5.41) is 13.5. The number of benzene rings is 1. The van der Waals surface area contributed by atoms with Gasteiger partial charge in [0.05, 0.1) is 16.8 Å². The van der Waals surface area contributed by atoms with Gasteiger partial charge in [0.1, 0.15) is 12.0 Å². The third-order valence-corrected chi connectivity index (χ3v) is 1.78. The molecule has 0 aliphatic rings. The van der Waals surface area contributed by atoms with Crippen molar-refractivity contribution in [2.24, 2.45) is 16.6 Å². The molecule has 0 atom stereocenters. The van der Waals surface area contributed by atoms with Gasteiger partial charge in [0.2, 0.25) is 0 Å². The van der Waals surface area contributed by atoms with Crippen molar-refractivity contribution in [1.82, 2.24) is 5.43 Å². The number of hydrogen-bond donors (Lipinski definition) is 4. The Hall–Kier alpha value is -1.30. The molecule has 0 aliphatic carbocycles. The molecule has 76 valence electrons. The highest BCUT2D eigenvalue weighted by molar-refractivity contribution is 6.33. The number of nitrogens with zero attached hydrogens (tertiary/aromatic N) is 1. The van der Waals surface area contributed by atoms with Crippen LogP contribution >= 0.6 is 11.6 Å². The number of halogens is 1. The van der Waals surface area contributed by atoms with Gasteiger partial charge in [-0.1, -0.05) is 17.7 Å². The minimum Gasteiger partial charge on any atom is -0.507 e. The van der Waals surface area contributed by atoms with E-state index in [-0.39, 0.29) is 5.75 Å². The van der Waals surface area contributed by atoms with Gasteiger partial charge in [0, 0.05) is 0 Å². The van der Waals surface area contributed by atoms with E-state index in [1.165, 1.54) is 12.3 Å². The molecule has 0 saturated carbocycles. The fraction of sp³-hybridized carbons (Fsp3) is 0.125. The van der Waals surface area contributed by atoms with Crippen molar-refractivity contribution in [2.45, 2.75) is 6.29 Å². The van der Waals surface area contributed by atoms with E-state index in [9.17, 15) is 5.11 Å². The van der Waals surface area contributed by atoms with E-state index >= 15 is 0 Å². The Kier molecular flexibility index (Phi) is 3.70. The summed E-state index contributed by atoms with van der Waals surface area (Å²) in [6.45, 7) is 0. The molecule has 0 heterocycles. The largest absolute Gasteiger partial charge is 0.507 e. The van der Waals surface area contributed by atoms with Gasteiger partial charge in [-0.2, -0.15) is 5.10 Å². The first-order valence-corrected chi connectivity index (χ1v) is 4.26. The lowest BCUT2D eigenvalue weighted by molar-refractivity contribution is 0.474. The van der Waals surface area contributed by atoms with Gasteiger partial charge in [0.25, 0.3) is 0 Å². The third kappa shape index (κ3) is 2.88. The summed E-state index contributed by atoms with van der Waals surface area (Å²) in [4.78, 5) is 0. The summed E-state index contributed by atoms with van der Waals surface area (Å²) in [6.07, 6.45) is 0.612. The minimum atomic E-state index is -0.740. The minimum absolute atomic E-state index is 0.0497. The van der Waals surface area contributed by atoms with Crippen molar-refractivity contribution in [2.75, 3.05) is 0 Å². The number of nitrogens with two attached hydrogens (primary N) is 2. The van der Waals surface area contributed by atoms with E-state index in [2.05, 4.69) is 10.5 Å². The van der Waals surface area contributed by atoms with Gasteiger partial charge in [-0.05, 0) is 12.1 Å². The molecule has 0 radical (unpaired) electrons. The number of rotatable bonds is 3. The predicted octanol–water partition coefficient (Wildman–Crippen LogP) is 0.170. The molecule has 0 saturated heterocycles. The fourth-order valence-electron chi connectivity index (χ4n) is 0.841. The number of nitrogens with one attached hydrogen (secondary N) is 1. The second-order valence-corrected chi connectivity index (χ2v) is 2.99. The van der Waals surface area contributed by atoms with Crippen molar-refractivity contribution in [1.29, 1.82) is 0 Å². The number of phenolic OH excluding ortho intramolecular Hbond substituents is 1. The van der Waals surface area contributed by atoms with Crippen LogP contribution in [-0.2, 0) is 0 Å². The Labute approximate surface area is 86.4 Å². The summed E-state index contributed by atoms with van der Waals surface area (Å²) in [5.74, 6) is 0.0497. The molecule has 0 aliphatic heterocycles. The zero-order valence-electron chi connectivity index (χ0n) is 7.31. The molecule has 1 rings (SSSR count). The molecule has 0 amide bonds. The Balaban J connectivity index is 2.80. The van der Waals surface area contributed by atoms with E-state index < -0.39 is 6.29 Å². The topological polar surface area (TPSA) is 96.7 Å². The first kappa shape index (κ1) is 10.8. The van der Waals surface area contributed by atoms with Gasteiger partial charge in [0.15, 0.2) is 0 Å². The molecule has 6 N–H and O–H groups in total. The quantitative estimate of drug-likeness (QED) is 0.328. The summed E-state index contributed by atoms with van der Waals surface area (Å²) in [7, 11) is 0. The molecule has 1 aromatic carbocycles. The van der Waals surface area contributed by atoms with Gasteiger partial charge in [-0.3, -0.25) is 16.9 Å². The van der Waals surface area contributed by atoms with Crippen molar-refractivity contribution in [3.05, 3.63) is 28.8 Å². The smallest absolute Gasteiger partial charge is 0.142 e. The Bertz CT molecular complexity index is 320. The number of aromatic hydroxyl groups is 1. The molecule has 6 heteroatoms. The summed E-state index contributed by atoms with van der Waals surface area (Å²) < 4.78 is 0. The maximum Gasteiger partial charge on any atom is 0.142 e. The molecular formula is C8H11ClN4O. The lowest BCUT2D eigenvalue weighted by Crippen LogP contribution is -2.42. The molecule has 1 aromatic rings. The molecule has 0 spiro atoms. The van der Waals surface area contributed by atoms with Crippen molar-refractivity contribution in [3.63, 3.8) is 0 Å². The first-order chi connectivity index (χ1) is 6.61. The second kappa shape index (κ2) is 4.80. The van der Waals surface area contributed by atoms with Crippen LogP contribution < -0.4 is 16.9 Å². The van der Waals surface area contributed by atoms with Crippen LogP contribution in [0, 0.1) is 0 Å². The summed E-state index contributed by atoms with van der Waals surface area (Å²) in [6, 6.07) is 4.79. The van der Waals surface area contributed by atoms with Gasteiger partial charge in [-0.25, -0.2) is 0 Å². The van der Waals surface area contributed by atoms with Crippen molar-refractivity contribution >= 4 is 17.8 Å². The van der Waals surface area contributed by atoms with Crippen LogP contribution in [0.25, 0.3) is 0 Å². The zero-order chi connectivity index (χ0) is 10.6. The molecule has 0 aromatic heterocycles. The van der Waals surface area contributed by atoms with E-state index in [0.29, 0.717) is 10.6 Å². The Morgan fingerprint density at radius 2 is 2.21 bits per heavy atom. The van der Waals surface area contributed by atoms with Crippen LogP contribution in [0.1, 0.15) is 5.56 Å². The molecule has 14 heavy (non-hydrogen) atoms. The van der Waals surface area contributed by atoms with Crippen molar-refractivity contribution < 1.29 is 5.11 Å². The maximum absolute atomic E-state index is 9.39. The standard InChI is InChI=1S/C8H11ClN4O/c9-6-2-1-3-7(14)5(6)4-12-13-8(10)11/h1-4,8,13-14H,10-11H2/b12-4+. The first-order valence-electron chi connectivity index (χ1n) is 3.88. The van der Waals surface area contributed by atoms with Gasteiger partial charge < -0.3 is 5.11 Å². The van der Waals surface area contributed by atoms with Crippen molar-refractivity contribution in [3.8, 4) is 5.75 Å². The number of hydrogen-bond acceptors (Lipinski definition) is 5. The van der Waals surface area contributed by atoms with Crippen LogP contribution in [0.15, 0.2) is 23.3 Å². The molecule has 0 fully saturated rings. The second-order valence-electron chi connectivity index (χ2n) is 2.59. The van der Waals surface area contributed by atoms with E-state index in [1.807, 2.05) is 0 Å². The highest BCUT2D eigenvalue weighted by Crippen LogP contribution is 2.22. The Morgan fingerprint density at radius 1 is 1.50 bits per heavy atom. The van der Waals surface area contributed by atoms with Crippen LogP contribution in [0.3, 0.4) is 0 Å². The lowest BCUT2D eigenvalue weighted by atomic mass is 10.2. The highest BCUT2D eigenvalue weighted by Gasteiger charge is 2.02. The van der Waals surface area contributed by atoms with Gasteiger partial charge >= 0.3 is 0 Å². The Morgan fingerprint density at radius 3 is 2.79 bits per heavy atom. The third-order valence-electron chi connectivity index (χ3n) is 1.45. The molecule has 0 unspecified atom stereocenters. The molecule has 0 bridgehead atoms. The monoisotopic (exact) mass is 214 g/mol. The summed E-state index contributed by atoms with van der Waals surface area (Å²) >= 11 is 5.80. The average Bonchev–Trinajstić information content (AvgIpc) is 2.09. The zero-order valence-corrected chi connectivity index (χ0v) is 8.07. The van der Waals surface area contributed by atoms with Gasteiger partial charge in [-0.15, -0.1) is 0 Å². The number of phenols is 1. The van der Waals surface area contributed by atoms with Crippen LogP contribution in [0.2, 0.25) is 5.02 Å². The SMILES string of the molecule is NC(N)N/N=C/c1c(O)cccc1Cl. The van der Waals surface area contributed by atoms with Crippen LogP contribution in [0.4, 0.5) is 0 Å². The molecular weight excluding hydrogens is 204 g/mol. The predicted molar refractivity (Wildman–Crippen MR) is 56.0 cm³/mol. The average molecular weight is 215 g/mol. The fourth-order valence-corrected chi connectivity index (χ4v) is 1.06. The maximum atomic E-state index is 9.39. The number of hydrazone groups is 1. The van der Waals surface area contributed by atoms with E-state index in [0.717, 1.165) is 0 Å².